The molecule has 12 heavy (non-hydrogen) atoms. The molecule has 0 aromatic heterocycles. The van der Waals surface area contributed by atoms with Crippen molar-refractivity contribution in [3.8, 4) is 0 Å². The largest absolute Gasteiger partial charge is 0.122 e. The van der Waals surface area contributed by atoms with E-state index in [2.05, 4.69) is 0 Å². The fourth-order valence-electron chi connectivity index (χ4n) is 1.30. The molecule has 0 heterocycles. The Hall–Kier alpha value is 0.0900. The van der Waals surface area contributed by atoms with Gasteiger partial charge in [0.25, 0.3) is 0 Å². The van der Waals surface area contributed by atoms with E-state index in [9.17, 15) is 0 Å². The Morgan fingerprint density at radius 2 is 1.58 bits per heavy atom. The van der Waals surface area contributed by atoms with E-state index in [0.717, 1.165) is 12.0 Å². The van der Waals surface area contributed by atoms with E-state index >= 15 is 0 Å². The summed E-state index contributed by atoms with van der Waals surface area (Å²) in [4.78, 5) is 0. The molecule has 1 fully saturated rings. The van der Waals surface area contributed by atoms with E-state index in [0.29, 0.717) is 16.0 Å². The van der Waals surface area contributed by atoms with Gasteiger partial charge in [-0.25, -0.2) is 0 Å². The molecule has 0 aliphatic heterocycles. The first-order valence-corrected chi connectivity index (χ1v) is 4.96. The Balaban J connectivity index is 2.32. The minimum atomic E-state index is 0.277. The lowest BCUT2D eigenvalue weighted by Gasteiger charge is -1.99. The van der Waals surface area contributed by atoms with Crippen molar-refractivity contribution in [2.45, 2.75) is 17.7 Å². The van der Waals surface area contributed by atoms with E-state index in [-0.39, 0.29) is 5.38 Å². The van der Waals surface area contributed by atoms with Gasteiger partial charge < -0.3 is 0 Å². The van der Waals surface area contributed by atoms with Crippen molar-refractivity contribution >= 4 is 34.8 Å². The number of rotatable bonds is 1. The molecule has 64 valence electrons. The van der Waals surface area contributed by atoms with Crippen LogP contribution < -0.4 is 0 Å². The van der Waals surface area contributed by atoms with Crippen LogP contribution in [0.5, 0.6) is 0 Å². The maximum atomic E-state index is 5.90. The van der Waals surface area contributed by atoms with Crippen molar-refractivity contribution in [2.75, 3.05) is 0 Å². The summed E-state index contributed by atoms with van der Waals surface area (Å²) in [6, 6.07) is 5.60. The van der Waals surface area contributed by atoms with Crippen molar-refractivity contribution in [1.29, 1.82) is 0 Å². The Morgan fingerprint density at radius 1 is 1.08 bits per heavy atom. The minimum Gasteiger partial charge on any atom is -0.122 e. The van der Waals surface area contributed by atoms with Crippen LogP contribution in [-0.4, -0.2) is 5.38 Å². The van der Waals surface area contributed by atoms with E-state index in [1.165, 1.54) is 0 Å². The third-order valence-corrected chi connectivity index (χ3v) is 2.94. The van der Waals surface area contributed by atoms with Crippen molar-refractivity contribution in [3.05, 3.63) is 33.8 Å². The molecule has 2 unspecified atom stereocenters. The molecular formula is C9H7Cl3. The van der Waals surface area contributed by atoms with E-state index in [1.807, 2.05) is 12.1 Å². The van der Waals surface area contributed by atoms with Crippen molar-refractivity contribution in [3.63, 3.8) is 0 Å². The average molecular weight is 222 g/mol. The van der Waals surface area contributed by atoms with Crippen LogP contribution in [0.15, 0.2) is 18.2 Å². The van der Waals surface area contributed by atoms with Gasteiger partial charge in [-0.3, -0.25) is 0 Å². The van der Waals surface area contributed by atoms with Crippen LogP contribution in [0.4, 0.5) is 0 Å². The van der Waals surface area contributed by atoms with Crippen LogP contribution in [0.1, 0.15) is 17.9 Å². The number of hydrogen-bond acceptors (Lipinski definition) is 0. The SMILES string of the molecule is Clc1cc(Cl)cc(C2CC2Cl)c1. The van der Waals surface area contributed by atoms with Gasteiger partial charge in [0, 0.05) is 21.3 Å². The molecule has 1 saturated carbocycles. The molecule has 0 nitrogen and oxygen atoms in total. The smallest absolute Gasteiger partial charge is 0.0423 e. The highest BCUT2D eigenvalue weighted by Crippen LogP contribution is 2.46. The predicted octanol–water partition coefficient (Wildman–Crippen LogP) is 4.09. The van der Waals surface area contributed by atoms with Crippen LogP contribution >= 0.6 is 34.8 Å². The summed E-state index contributed by atoms with van der Waals surface area (Å²) in [6.07, 6.45) is 1.04. The molecule has 0 spiro atoms. The van der Waals surface area contributed by atoms with Gasteiger partial charge in [-0.2, -0.15) is 0 Å². The molecular weight excluding hydrogens is 214 g/mol. The molecule has 2 rings (SSSR count). The van der Waals surface area contributed by atoms with E-state index < -0.39 is 0 Å². The van der Waals surface area contributed by atoms with Gasteiger partial charge in [-0.1, -0.05) is 23.2 Å². The standard InChI is InChI=1S/C9H7Cl3/c10-6-1-5(2-7(11)3-6)8-4-9(8)12/h1-3,8-9H,4H2. The summed E-state index contributed by atoms with van der Waals surface area (Å²) in [5, 5.41) is 1.65. The molecule has 1 aliphatic carbocycles. The van der Waals surface area contributed by atoms with Crippen molar-refractivity contribution in [2.24, 2.45) is 0 Å². The van der Waals surface area contributed by atoms with Crippen LogP contribution in [-0.2, 0) is 0 Å². The number of alkyl halides is 1. The van der Waals surface area contributed by atoms with Crippen molar-refractivity contribution in [1.82, 2.24) is 0 Å². The highest BCUT2D eigenvalue weighted by Gasteiger charge is 2.36. The number of benzene rings is 1. The van der Waals surface area contributed by atoms with Gasteiger partial charge in [0.05, 0.1) is 0 Å². The third-order valence-electron chi connectivity index (χ3n) is 2.03. The average Bonchev–Trinajstić information content (AvgIpc) is 2.64. The summed E-state index contributed by atoms with van der Waals surface area (Å²) in [6.45, 7) is 0. The topological polar surface area (TPSA) is 0 Å². The molecule has 1 aromatic rings. The zero-order valence-electron chi connectivity index (χ0n) is 6.23. The fourth-order valence-corrected chi connectivity index (χ4v) is 2.18. The molecule has 0 N–H and O–H groups in total. The molecule has 3 heteroatoms. The number of halogens is 3. The van der Waals surface area contributed by atoms with E-state index in [4.69, 9.17) is 34.8 Å². The maximum absolute atomic E-state index is 5.90. The Bertz CT molecular complexity index is 288. The van der Waals surface area contributed by atoms with Crippen molar-refractivity contribution < 1.29 is 0 Å². The van der Waals surface area contributed by atoms with Crippen LogP contribution in [0, 0.1) is 0 Å². The normalized spacial score (nSPS) is 27.2. The summed E-state index contributed by atoms with van der Waals surface area (Å²) >= 11 is 17.6. The first kappa shape index (κ1) is 8.68. The van der Waals surface area contributed by atoms with E-state index in [1.54, 1.807) is 6.07 Å². The summed E-state index contributed by atoms with van der Waals surface area (Å²) in [5.41, 5.74) is 1.16. The third kappa shape index (κ3) is 1.71. The van der Waals surface area contributed by atoms with Gasteiger partial charge in [-0.05, 0) is 30.2 Å². The van der Waals surface area contributed by atoms with Gasteiger partial charge in [0.15, 0.2) is 0 Å². The zero-order valence-corrected chi connectivity index (χ0v) is 8.50. The van der Waals surface area contributed by atoms with Crippen LogP contribution in [0.3, 0.4) is 0 Å². The van der Waals surface area contributed by atoms with Gasteiger partial charge in [-0.15, -0.1) is 11.6 Å². The van der Waals surface area contributed by atoms with Gasteiger partial charge >= 0.3 is 0 Å². The molecule has 0 saturated heterocycles. The quantitative estimate of drug-likeness (QED) is 0.627. The lowest BCUT2D eigenvalue weighted by atomic mass is 10.1. The second kappa shape index (κ2) is 3.10. The molecule has 2 atom stereocenters. The summed E-state index contributed by atoms with van der Waals surface area (Å²) < 4.78 is 0. The Labute approximate surface area is 86.4 Å². The fraction of sp³-hybridized carbons (Fsp3) is 0.333. The second-order valence-corrected chi connectivity index (χ2v) is 4.49. The van der Waals surface area contributed by atoms with Gasteiger partial charge in [0.1, 0.15) is 0 Å². The molecule has 0 bridgehead atoms. The lowest BCUT2D eigenvalue weighted by molar-refractivity contribution is 1.13. The van der Waals surface area contributed by atoms with Crippen LogP contribution in [0.25, 0.3) is 0 Å². The Kier molecular flexibility index (Phi) is 2.24. The Morgan fingerprint density at radius 3 is 2.00 bits per heavy atom. The monoisotopic (exact) mass is 220 g/mol. The zero-order chi connectivity index (χ0) is 8.72. The molecule has 1 aliphatic rings. The predicted molar refractivity (Wildman–Crippen MR) is 53.5 cm³/mol. The molecule has 1 aromatic carbocycles. The van der Waals surface area contributed by atoms with Gasteiger partial charge in [0.2, 0.25) is 0 Å². The number of hydrogen-bond donors (Lipinski definition) is 0. The molecule has 0 amide bonds. The highest BCUT2D eigenvalue weighted by atomic mass is 35.5. The summed E-state index contributed by atoms with van der Waals surface area (Å²) in [5.74, 6) is 0.461. The summed E-state index contributed by atoms with van der Waals surface area (Å²) in [7, 11) is 0. The second-order valence-electron chi connectivity index (χ2n) is 3.06. The minimum absolute atomic E-state index is 0.277. The lowest BCUT2D eigenvalue weighted by Crippen LogP contribution is -1.81. The maximum Gasteiger partial charge on any atom is 0.0423 e. The highest BCUT2D eigenvalue weighted by molar-refractivity contribution is 6.34. The first-order valence-electron chi connectivity index (χ1n) is 3.77. The molecule has 0 radical (unpaired) electrons. The van der Waals surface area contributed by atoms with Crippen LogP contribution in [0.2, 0.25) is 10.0 Å². The first-order chi connectivity index (χ1) is 5.66.